The van der Waals surface area contributed by atoms with E-state index in [1.54, 1.807) is 0 Å². The largest absolute Gasteiger partial charge is 0.389 e. The summed E-state index contributed by atoms with van der Waals surface area (Å²) in [6.07, 6.45) is 9.32. The lowest BCUT2D eigenvalue weighted by Gasteiger charge is -2.55. The van der Waals surface area contributed by atoms with Crippen molar-refractivity contribution >= 4 is 0 Å². The lowest BCUT2D eigenvalue weighted by Crippen LogP contribution is -2.60. The predicted molar refractivity (Wildman–Crippen MR) is 77.9 cm³/mol. The van der Waals surface area contributed by atoms with Crippen molar-refractivity contribution in [3.05, 3.63) is 0 Å². The third kappa shape index (κ3) is 2.24. The van der Waals surface area contributed by atoms with Crippen LogP contribution in [0, 0.1) is 11.3 Å². The van der Waals surface area contributed by atoms with Crippen molar-refractivity contribution < 1.29 is 5.11 Å². The molecule has 19 heavy (non-hydrogen) atoms. The normalized spacial score (nSPS) is 48.2. The minimum Gasteiger partial charge on any atom is -0.389 e. The maximum absolute atomic E-state index is 11.4. The average molecular weight is 266 g/mol. The summed E-state index contributed by atoms with van der Waals surface area (Å²) in [7, 11) is 0. The number of rotatable bonds is 2. The van der Waals surface area contributed by atoms with Gasteiger partial charge in [0, 0.05) is 24.5 Å². The first-order valence-electron chi connectivity index (χ1n) is 8.25. The second-order valence-corrected chi connectivity index (χ2v) is 7.50. The second kappa shape index (κ2) is 5.01. The number of piperidine rings is 1. The Bertz CT molecular complexity index is 335. The molecule has 1 saturated carbocycles. The van der Waals surface area contributed by atoms with Crippen molar-refractivity contribution in [2.45, 2.75) is 69.9 Å². The van der Waals surface area contributed by atoms with Gasteiger partial charge in [-0.15, -0.1) is 0 Å². The molecule has 0 radical (unpaired) electrons. The van der Waals surface area contributed by atoms with Crippen molar-refractivity contribution in [2.75, 3.05) is 19.6 Å². The molecule has 3 heteroatoms. The Morgan fingerprint density at radius 3 is 2.74 bits per heavy atom. The van der Waals surface area contributed by atoms with Crippen LogP contribution in [0.15, 0.2) is 0 Å². The van der Waals surface area contributed by atoms with Crippen LogP contribution in [0.4, 0.5) is 0 Å². The SMILES string of the molecule is CC1CCCC(CN)(C2(O)CCN3CCCC3C2)C1. The van der Waals surface area contributed by atoms with E-state index < -0.39 is 5.60 Å². The molecule has 0 spiro atoms. The fourth-order valence-corrected chi connectivity index (χ4v) is 5.18. The van der Waals surface area contributed by atoms with Gasteiger partial charge >= 0.3 is 0 Å². The smallest absolute Gasteiger partial charge is 0.0742 e. The molecule has 4 atom stereocenters. The summed E-state index contributed by atoms with van der Waals surface area (Å²) in [6.45, 7) is 5.32. The second-order valence-electron chi connectivity index (χ2n) is 7.50. The minimum absolute atomic E-state index is 0.000648. The van der Waals surface area contributed by atoms with Crippen LogP contribution in [0.25, 0.3) is 0 Å². The van der Waals surface area contributed by atoms with E-state index in [-0.39, 0.29) is 5.41 Å². The Hall–Kier alpha value is -0.120. The molecule has 2 saturated heterocycles. The molecule has 2 aliphatic heterocycles. The van der Waals surface area contributed by atoms with E-state index in [1.165, 1.54) is 32.2 Å². The van der Waals surface area contributed by atoms with Gasteiger partial charge in [0.2, 0.25) is 0 Å². The van der Waals surface area contributed by atoms with Crippen molar-refractivity contribution in [1.82, 2.24) is 4.90 Å². The first-order valence-corrected chi connectivity index (χ1v) is 8.25. The van der Waals surface area contributed by atoms with Gasteiger partial charge in [-0.3, -0.25) is 0 Å². The Balaban J connectivity index is 1.81. The zero-order valence-electron chi connectivity index (χ0n) is 12.4. The number of nitrogens with two attached hydrogens (primary N) is 1. The van der Waals surface area contributed by atoms with Crippen LogP contribution in [0.3, 0.4) is 0 Å². The Morgan fingerprint density at radius 2 is 2.00 bits per heavy atom. The molecular formula is C16H30N2O. The fraction of sp³-hybridized carbons (Fsp3) is 1.00. The zero-order chi connectivity index (χ0) is 13.5. The van der Waals surface area contributed by atoms with Crippen LogP contribution in [-0.4, -0.2) is 41.3 Å². The fourth-order valence-electron chi connectivity index (χ4n) is 5.18. The Kier molecular flexibility index (Phi) is 3.65. The lowest BCUT2D eigenvalue weighted by molar-refractivity contribution is -0.146. The molecule has 3 N–H and O–H groups in total. The van der Waals surface area contributed by atoms with E-state index in [2.05, 4.69) is 11.8 Å². The maximum atomic E-state index is 11.4. The van der Waals surface area contributed by atoms with E-state index in [0.717, 1.165) is 38.1 Å². The van der Waals surface area contributed by atoms with Gasteiger partial charge in [-0.05, 0) is 51.0 Å². The highest BCUT2D eigenvalue weighted by Gasteiger charge is 2.54. The topological polar surface area (TPSA) is 49.5 Å². The van der Waals surface area contributed by atoms with Crippen molar-refractivity contribution in [1.29, 1.82) is 0 Å². The van der Waals surface area contributed by atoms with Crippen LogP contribution < -0.4 is 5.73 Å². The standard InChI is InChI=1S/C16H30N2O/c1-13-4-2-6-15(10-13,12-17)16(19)7-9-18-8-3-5-14(18)11-16/h13-14,19H,2-12,17H2,1H3. The summed E-state index contributed by atoms with van der Waals surface area (Å²) in [6, 6.07) is 0.624. The molecule has 4 unspecified atom stereocenters. The molecule has 3 rings (SSSR count). The van der Waals surface area contributed by atoms with Crippen LogP contribution in [0.1, 0.15) is 58.3 Å². The zero-order valence-corrected chi connectivity index (χ0v) is 12.4. The molecule has 3 aliphatic rings. The highest BCUT2D eigenvalue weighted by molar-refractivity contribution is 5.07. The predicted octanol–water partition coefficient (Wildman–Crippen LogP) is 2.13. The first kappa shape index (κ1) is 13.8. The van der Waals surface area contributed by atoms with E-state index in [4.69, 9.17) is 5.73 Å². The van der Waals surface area contributed by atoms with Gasteiger partial charge < -0.3 is 15.7 Å². The summed E-state index contributed by atoms with van der Waals surface area (Å²) < 4.78 is 0. The molecule has 3 fully saturated rings. The van der Waals surface area contributed by atoms with Gasteiger partial charge in [-0.25, -0.2) is 0 Å². The first-order chi connectivity index (χ1) is 9.09. The van der Waals surface area contributed by atoms with E-state index in [0.29, 0.717) is 12.6 Å². The van der Waals surface area contributed by atoms with Crippen LogP contribution in [-0.2, 0) is 0 Å². The summed E-state index contributed by atoms with van der Waals surface area (Å²) in [4.78, 5) is 2.59. The summed E-state index contributed by atoms with van der Waals surface area (Å²) in [5.41, 5.74) is 5.68. The Labute approximate surface area is 117 Å². The number of hydrogen-bond acceptors (Lipinski definition) is 3. The average Bonchev–Trinajstić information content (AvgIpc) is 2.85. The van der Waals surface area contributed by atoms with Crippen molar-refractivity contribution in [3.63, 3.8) is 0 Å². The van der Waals surface area contributed by atoms with Crippen LogP contribution in [0.2, 0.25) is 0 Å². The third-order valence-corrected chi connectivity index (χ3v) is 6.35. The number of nitrogens with zero attached hydrogens (tertiary/aromatic N) is 1. The number of fused-ring (bicyclic) bond motifs is 1. The molecular weight excluding hydrogens is 236 g/mol. The van der Waals surface area contributed by atoms with E-state index in [9.17, 15) is 5.11 Å². The molecule has 2 heterocycles. The molecule has 0 amide bonds. The van der Waals surface area contributed by atoms with Gasteiger partial charge in [-0.1, -0.05) is 19.8 Å². The van der Waals surface area contributed by atoms with Crippen molar-refractivity contribution in [2.24, 2.45) is 17.1 Å². The van der Waals surface area contributed by atoms with Crippen LogP contribution >= 0.6 is 0 Å². The van der Waals surface area contributed by atoms with Gasteiger partial charge in [-0.2, -0.15) is 0 Å². The summed E-state index contributed by atoms with van der Waals surface area (Å²) in [5.74, 6) is 0.725. The van der Waals surface area contributed by atoms with Gasteiger partial charge in [0.25, 0.3) is 0 Å². The van der Waals surface area contributed by atoms with Gasteiger partial charge in [0.15, 0.2) is 0 Å². The molecule has 110 valence electrons. The monoisotopic (exact) mass is 266 g/mol. The van der Waals surface area contributed by atoms with Gasteiger partial charge in [0.1, 0.15) is 0 Å². The highest BCUT2D eigenvalue weighted by Crippen LogP contribution is 2.52. The van der Waals surface area contributed by atoms with E-state index in [1.807, 2.05) is 0 Å². The Morgan fingerprint density at radius 1 is 1.16 bits per heavy atom. The molecule has 3 nitrogen and oxygen atoms in total. The molecule has 0 aromatic carbocycles. The minimum atomic E-state index is -0.498. The molecule has 0 aromatic heterocycles. The summed E-state index contributed by atoms with van der Waals surface area (Å²) >= 11 is 0. The summed E-state index contributed by atoms with van der Waals surface area (Å²) in [5, 5.41) is 11.4. The lowest BCUT2D eigenvalue weighted by atomic mass is 9.57. The number of hydrogen-bond donors (Lipinski definition) is 2. The quantitative estimate of drug-likeness (QED) is 0.805. The maximum Gasteiger partial charge on any atom is 0.0742 e. The third-order valence-electron chi connectivity index (χ3n) is 6.35. The molecule has 1 aliphatic carbocycles. The van der Waals surface area contributed by atoms with E-state index >= 15 is 0 Å². The molecule has 0 aromatic rings. The van der Waals surface area contributed by atoms with Gasteiger partial charge in [0.05, 0.1) is 5.60 Å². The highest BCUT2D eigenvalue weighted by atomic mass is 16.3. The van der Waals surface area contributed by atoms with Crippen LogP contribution in [0.5, 0.6) is 0 Å². The van der Waals surface area contributed by atoms with Crippen molar-refractivity contribution in [3.8, 4) is 0 Å². The molecule has 0 bridgehead atoms. The number of aliphatic hydroxyl groups is 1.